The second kappa shape index (κ2) is 7.95. The van der Waals surface area contributed by atoms with Gasteiger partial charge in [-0.3, -0.25) is 9.52 Å². The van der Waals surface area contributed by atoms with Gasteiger partial charge in [0, 0.05) is 16.1 Å². The van der Waals surface area contributed by atoms with E-state index in [1.165, 1.54) is 6.07 Å². The molecule has 1 heterocycles. The van der Waals surface area contributed by atoms with Crippen LogP contribution in [0.3, 0.4) is 0 Å². The van der Waals surface area contributed by atoms with Crippen molar-refractivity contribution in [1.29, 1.82) is 0 Å². The second-order valence-electron chi connectivity index (χ2n) is 5.77. The van der Waals surface area contributed by atoms with E-state index in [0.29, 0.717) is 16.4 Å². The first-order valence-corrected chi connectivity index (χ1v) is 10.1. The van der Waals surface area contributed by atoms with Crippen LogP contribution in [-0.4, -0.2) is 30.7 Å². The summed E-state index contributed by atoms with van der Waals surface area (Å²) in [5.74, 6) is -0.869. The van der Waals surface area contributed by atoms with Gasteiger partial charge in [-0.2, -0.15) is 4.98 Å². The number of nitrogens with one attached hydrogen (secondary N) is 2. The average Bonchev–Trinajstić information content (AvgIpc) is 3.10. The highest BCUT2D eigenvalue weighted by atomic mass is 35.5. The quantitative estimate of drug-likeness (QED) is 0.628. The number of halogens is 2. The maximum Gasteiger partial charge on any atom is 0.251 e. The summed E-state index contributed by atoms with van der Waals surface area (Å²) in [4.78, 5) is 16.4. The van der Waals surface area contributed by atoms with Crippen molar-refractivity contribution in [3.05, 3.63) is 64.8 Å². The number of carbonyl (C=O) groups is 1. The molecule has 146 valence electrons. The van der Waals surface area contributed by atoms with Crippen LogP contribution in [0.2, 0.25) is 5.02 Å². The summed E-state index contributed by atoms with van der Waals surface area (Å²) < 4.78 is 43.3. The minimum atomic E-state index is -3.69. The Bertz CT molecular complexity index is 1120. The smallest absolute Gasteiger partial charge is 0.251 e. The molecule has 0 fully saturated rings. The molecule has 3 rings (SSSR count). The summed E-state index contributed by atoms with van der Waals surface area (Å²) >= 11 is 5.83. The third-order valence-corrected chi connectivity index (χ3v) is 4.34. The van der Waals surface area contributed by atoms with Gasteiger partial charge < -0.3 is 9.84 Å². The van der Waals surface area contributed by atoms with Crippen molar-refractivity contribution < 1.29 is 22.1 Å². The molecule has 0 aliphatic rings. The molecule has 0 saturated carbocycles. The van der Waals surface area contributed by atoms with Gasteiger partial charge in [-0.15, -0.1) is 0 Å². The number of hydrogen-bond acceptors (Lipinski definition) is 6. The molecule has 2 aromatic carbocycles. The highest BCUT2D eigenvalue weighted by molar-refractivity contribution is 7.92. The largest absolute Gasteiger partial charge is 0.343 e. The summed E-state index contributed by atoms with van der Waals surface area (Å²) in [6.45, 7) is -0.0639. The van der Waals surface area contributed by atoms with Gasteiger partial charge in [-0.05, 0) is 42.5 Å². The minimum Gasteiger partial charge on any atom is -0.343 e. The van der Waals surface area contributed by atoms with E-state index in [9.17, 15) is 17.6 Å². The number of anilines is 1. The van der Waals surface area contributed by atoms with Gasteiger partial charge in [0.1, 0.15) is 5.82 Å². The Hall–Kier alpha value is -2.98. The Morgan fingerprint density at radius 1 is 1.21 bits per heavy atom. The van der Waals surface area contributed by atoms with E-state index < -0.39 is 21.7 Å². The summed E-state index contributed by atoms with van der Waals surface area (Å²) in [5, 5.41) is 6.94. The van der Waals surface area contributed by atoms with E-state index in [-0.39, 0.29) is 23.7 Å². The third-order valence-electron chi connectivity index (χ3n) is 3.49. The maximum absolute atomic E-state index is 13.7. The lowest BCUT2D eigenvalue weighted by Gasteiger charge is -2.08. The average molecular weight is 425 g/mol. The molecule has 1 aromatic heterocycles. The number of sulfonamides is 1. The fourth-order valence-corrected chi connectivity index (χ4v) is 2.93. The molecule has 11 heteroatoms. The topological polar surface area (TPSA) is 114 Å². The fourth-order valence-electron chi connectivity index (χ4n) is 2.25. The molecule has 0 bridgehead atoms. The molecule has 0 spiro atoms. The van der Waals surface area contributed by atoms with Crippen molar-refractivity contribution in [1.82, 2.24) is 15.5 Å². The number of hydrogen-bond donors (Lipinski definition) is 2. The Morgan fingerprint density at radius 3 is 2.61 bits per heavy atom. The van der Waals surface area contributed by atoms with Crippen LogP contribution in [0.4, 0.5) is 10.1 Å². The molecule has 2 N–H and O–H groups in total. The highest BCUT2D eigenvalue weighted by Gasteiger charge is 2.14. The van der Waals surface area contributed by atoms with Gasteiger partial charge in [0.25, 0.3) is 5.91 Å². The molecule has 28 heavy (non-hydrogen) atoms. The SMILES string of the molecule is CS(=O)(=O)Nc1cc(C(=O)NCc2nc(-c3ccc(Cl)cc3)no2)ccc1F. The molecule has 1 amide bonds. The summed E-state index contributed by atoms with van der Waals surface area (Å²) in [7, 11) is -3.69. The van der Waals surface area contributed by atoms with E-state index in [2.05, 4.69) is 15.5 Å². The van der Waals surface area contributed by atoms with E-state index >= 15 is 0 Å². The normalized spacial score (nSPS) is 11.2. The van der Waals surface area contributed by atoms with E-state index in [1.807, 2.05) is 4.72 Å². The second-order valence-corrected chi connectivity index (χ2v) is 7.96. The molecular weight excluding hydrogens is 411 g/mol. The highest BCUT2D eigenvalue weighted by Crippen LogP contribution is 2.19. The van der Waals surface area contributed by atoms with Crippen LogP contribution in [0.25, 0.3) is 11.4 Å². The predicted octanol–water partition coefficient (Wildman–Crippen LogP) is 2.83. The summed E-state index contributed by atoms with van der Waals surface area (Å²) in [6.07, 6.45) is 0.882. The molecule has 0 saturated heterocycles. The Labute approximate surface area is 164 Å². The number of amides is 1. The van der Waals surface area contributed by atoms with Gasteiger partial charge in [0.2, 0.25) is 21.7 Å². The third kappa shape index (κ3) is 5.05. The van der Waals surface area contributed by atoms with Crippen LogP contribution in [0.15, 0.2) is 47.0 Å². The van der Waals surface area contributed by atoms with Gasteiger partial charge in [0.05, 0.1) is 18.5 Å². The Morgan fingerprint density at radius 2 is 1.93 bits per heavy atom. The summed E-state index contributed by atoms with van der Waals surface area (Å²) in [5.41, 5.74) is 0.434. The molecule has 0 atom stereocenters. The first-order valence-electron chi connectivity index (χ1n) is 7.85. The Kier molecular flexibility index (Phi) is 5.61. The summed E-state index contributed by atoms with van der Waals surface area (Å²) in [6, 6.07) is 10.1. The molecule has 0 aliphatic heterocycles. The van der Waals surface area contributed by atoms with Crippen molar-refractivity contribution in [2.45, 2.75) is 6.54 Å². The molecule has 0 aliphatic carbocycles. The number of nitrogens with zero attached hydrogens (tertiary/aromatic N) is 2. The first kappa shape index (κ1) is 19.8. The van der Waals surface area contributed by atoms with Crippen molar-refractivity contribution in [3.8, 4) is 11.4 Å². The molecule has 0 radical (unpaired) electrons. The van der Waals surface area contributed by atoms with Crippen LogP contribution in [0.1, 0.15) is 16.2 Å². The number of rotatable bonds is 6. The van der Waals surface area contributed by atoms with Crippen LogP contribution < -0.4 is 10.0 Å². The monoisotopic (exact) mass is 424 g/mol. The van der Waals surface area contributed by atoms with Crippen LogP contribution in [-0.2, 0) is 16.6 Å². The standard InChI is InChI=1S/C17H14ClFN4O4S/c1-28(25,26)23-14-8-11(4-7-13(14)19)17(24)20-9-15-21-16(22-27-15)10-2-5-12(18)6-3-10/h2-8,23H,9H2,1H3,(H,20,24). The van der Waals surface area contributed by atoms with Crippen LogP contribution in [0.5, 0.6) is 0 Å². The van der Waals surface area contributed by atoms with Gasteiger partial charge >= 0.3 is 0 Å². The van der Waals surface area contributed by atoms with Gasteiger partial charge in [-0.1, -0.05) is 16.8 Å². The van der Waals surface area contributed by atoms with Crippen molar-refractivity contribution >= 4 is 33.2 Å². The van der Waals surface area contributed by atoms with Crippen molar-refractivity contribution in [2.75, 3.05) is 11.0 Å². The zero-order chi connectivity index (χ0) is 20.3. The fraction of sp³-hybridized carbons (Fsp3) is 0.118. The Balaban J connectivity index is 1.68. The lowest BCUT2D eigenvalue weighted by Crippen LogP contribution is -2.23. The minimum absolute atomic E-state index is 0.0602. The van der Waals surface area contributed by atoms with Crippen LogP contribution in [0, 0.1) is 5.82 Å². The molecule has 3 aromatic rings. The number of carbonyl (C=O) groups excluding carboxylic acids is 1. The molecular formula is C17H14ClFN4O4S. The van der Waals surface area contributed by atoms with Crippen molar-refractivity contribution in [2.24, 2.45) is 0 Å². The zero-order valence-electron chi connectivity index (χ0n) is 14.4. The van der Waals surface area contributed by atoms with Crippen LogP contribution >= 0.6 is 11.6 Å². The van der Waals surface area contributed by atoms with Gasteiger partial charge in [-0.25, -0.2) is 12.8 Å². The maximum atomic E-state index is 13.7. The van der Waals surface area contributed by atoms with E-state index in [4.69, 9.17) is 16.1 Å². The molecule has 0 unspecified atom stereocenters. The number of benzene rings is 2. The lowest BCUT2D eigenvalue weighted by atomic mass is 10.2. The lowest BCUT2D eigenvalue weighted by molar-refractivity contribution is 0.0946. The molecule has 8 nitrogen and oxygen atoms in total. The van der Waals surface area contributed by atoms with Gasteiger partial charge in [0.15, 0.2) is 0 Å². The first-order chi connectivity index (χ1) is 13.2. The van der Waals surface area contributed by atoms with E-state index in [1.54, 1.807) is 24.3 Å². The predicted molar refractivity (Wildman–Crippen MR) is 101 cm³/mol. The number of aromatic nitrogens is 2. The zero-order valence-corrected chi connectivity index (χ0v) is 16.0. The van der Waals surface area contributed by atoms with Crippen molar-refractivity contribution in [3.63, 3.8) is 0 Å². The van der Waals surface area contributed by atoms with E-state index in [0.717, 1.165) is 18.4 Å².